The third-order valence-corrected chi connectivity index (χ3v) is 0.775. The molecule has 0 saturated carbocycles. The SMILES string of the molecule is CCP([O-])[O-].[Cl-].[Cl-].[Mg+2].[Mg+2]. The van der Waals surface area contributed by atoms with Gasteiger partial charge in [-0.15, -0.1) is 0 Å². The molecule has 0 aliphatic heterocycles. The maximum absolute atomic E-state index is 9.41. The summed E-state index contributed by atoms with van der Waals surface area (Å²) in [6.45, 7) is 1.60. The van der Waals surface area contributed by atoms with E-state index in [1.54, 1.807) is 6.92 Å². The van der Waals surface area contributed by atoms with Crippen LogP contribution in [0.3, 0.4) is 0 Å². The second-order valence-corrected chi connectivity index (χ2v) is 1.95. The van der Waals surface area contributed by atoms with Crippen LogP contribution < -0.4 is 34.6 Å². The molecule has 48 valence electrons. The third-order valence-electron chi connectivity index (χ3n) is 0.258. The molecule has 0 aromatic heterocycles. The molecule has 0 aliphatic rings. The summed E-state index contributed by atoms with van der Waals surface area (Å²) in [5, 5.41) is 0. The molecule has 0 aliphatic carbocycles. The van der Waals surface area contributed by atoms with E-state index >= 15 is 0 Å². The fraction of sp³-hybridized carbons (Fsp3) is 1.00. The summed E-state index contributed by atoms with van der Waals surface area (Å²) in [4.78, 5) is 18.8. The molecule has 0 rings (SSSR count). The fourth-order valence-electron chi connectivity index (χ4n) is 0. The molecular weight excluding hydrogens is 207 g/mol. The Morgan fingerprint density at radius 1 is 1.11 bits per heavy atom. The molecule has 0 saturated heterocycles. The minimum atomic E-state index is -2.10. The molecule has 0 N–H and O–H groups in total. The molecule has 0 unspecified atom stereocenters. The zero-order valence-electron chi connectivity index (χ0n) is 5.14. The first-order valence-electron chi connectivity index (χ1n) is 1.39. The standard InChI is InChI=1S/C2H5O2P.2ClH.2Mg/c1-2-5(3)4;;;;/h2H2,1H3;2*1H;;/q-2;;;2*+2/p-2. The van der Waals surface area contributed by atoms with Gasteiger partial charge in [-0.05, 0) is 0 Å². The molecule has 0 amide bonds. The van der Waals surface area contributed by atoms with E-state index in [0.29, 0.717) is 0 Å². The Hall–Kier alpha value is 2.46. The molecule has 0 fully saturated rings. The monoisotopic (exact) mass is 210 g/mol. The van der Waals surface area contributed by atoms with Gasteiger partial charge in [0, 0.05) is 0 Å². The van der Waals surface area contributed by atoms with Gasteiger partial charge >= 0.3 is 46.1 Å². The average Bonchev–Trinajstić information content (AvgIpc) is 1.38. The van der Waals surface area contributed by atoms with Crippen molar-refractivity contribution in [2.45, 2.75) is 6.92 Å². The van der Waals surface area contributed by atoms with Crippen molar-refractivity contribution in [1.82, 2.24) is 0 Å². The zero-order valence-corrected chi connectivity index (χ0v) is 10.4. The number of halogens is 2. The minimum Gasteiger partial charge on any atom is -1.00 e. The van der Waals surface area contributed by atoms with Crippen molar-refractivity contribution in [3.63, 3.8) is 0 Å². The van der Waals surface area contributed by atoms with Gasteiger partial charge in [0.25, 0.3) is 0 Å². The zero-order chi connectivity index (χ0) is 4.28. The Morgan fingerprint density at radius 3 is 1.22 bits per heavy atom. The summed E-state index contributed by atoms with van der Waals surface area (Å²) in [7, 11) is -2.10. The molecule has 2 nitrogen and oxygen atoms in total. The maximum atomic E-state index is 9.41. The quantitative estimate of drug-likeness (QED) is 0.320. The fourth-order valence-corrected chi connectivity index (χ4v) is 0. The van der Waals surface area contributed by atoms with Gasteiger partial charge in [0.1, 0.15) is 0 Å². The predicted molar refractivity (Wildman–Crippen MR) is 29.0 cm³/mol. The Balaban J connectivity index is -0.0000000133. The summed E-state index contributed by atoms with van der Waals surface area (Å²) >= 11 is 0. The molecule has 7 heteroatoms. The summed E-state index contributed by atoms with van der Waals surface area (Å²) < 4.78 is 0. The van der Waals surface area contributed by atoms with E-state index in [1.807, 2.05) is 0 Å². The molecule has 0 bridgehead atoms. The van der Waals surface area contributed by atoms with Gasteiger partial charge in [-0.25, -0.2) is 0 Å². The van der Waals surface area contributed by atoms with Gasteiger partial charge in [0.15, 0.2) is 0 Å². The molecule has 0 aromatic rings. The van der Waals surface area contributed by atoms with Crippen molar-refractivity contribution in [2.24, 2.45) is 0 Å². The van der Waals surface area contributed by atoms with E-state index in [4.69, 9.17) is 0 Å². The molecule has 0 atom stereocenters. The van der Waals surface area contributed by atoms with Crippen LogP contribution in [-0.4, -0.2) is 52.3 Å². The van der Waals surface area contributed by atoms with Crippen molar-refractivity contribution in [3.8, 4) is 0 Å². The van der Waals surface area contributed by atoms with Crippen LogP contribution in [0.1, 0.15) is 6.92 Å². The Bertz CT molecular complexity index is 34.5. The van der Waals surface area contributed by atoms with Crippen LogP contribution in [0, 0.1) is 0 Å². The summed E-state index contributed by atoms with van der Waals surface area (Å²) in [5.74, 6) is 0. The van der Waals surface area contributed by atoms with Crippen molar-refractivity contribution in [1.29, 1.82) is 0 Å². The van der Waals surface area contributed by atoms with Crippen LogP contribution in [0.15, 0.2) is 0 Å². The largest absolute Gasteiger partial charge is 2.00 e. The van der Waals surface area contributed by atoms with Crippen molar-refractivity contribution < 1.29 is 34.6 Å². The van der Waals surface area contributed by atoms with Gasteiger partial charge in [0.2, 0.25) is 0 Å². The van der Waals surface area contributed by atoms with Gasteiger partial charge in [-0.3, -0.25) is 0 Å². The van der Waals surface area contributed by atoms with Crippen LogP contribution >= 0.6 is 8.38 Å². The summed E-state index contributed by atoms with van der Waals surface area (Å²) in [6, 6.07) is 0. The van der Waals surface area contributed by atoms with Crippen LogP contribution in [0.25, 0.3) is 0 Å². The molecule has 0 aromatic carbocycles. The van der Waals surface area contributed by atoms with Gasteiger partial charge in [0.05, 0.1) is 0 Å². The van der Waals surface area contributed by atoms with Crippen LogP contribution in [-0.2, 0) is 0 Å². The van der Waals surface area contributed by atoms with E-state index in [1.165, 1.54) is 0 Å². The smallest absolute Gasteiger partial charge is 1.00 e. The van der Waals surface area contributed by atoms with Crippen LogP contribution in [0.2, 0.25) is 0 Å². The summed E-state index contributed by atoms with van der Waals surface area (Å²) in [5.41, 5.74) is 0. The molecule has 0 spiro atoms. The van der Waals surface area contributed by atoms with Crippen LogP contribution in [0.4, 0.5) is 0 Å². The first kappa shape index (κ1) is 30.0. The first-order valence-corrected chi connectivity index (χ1v) is 2.75. The second-order valence-electron chi connectivity index (χ2n) is 0.649. The van der Waals surface area contributed by atoms with Crippen molar-refractivity contribution in [2.75, 3.05) is 6.16 Å². The normalized spacial score (nSPS) is 5.33. The van der Waals surface area contributed by atoms with E-state index in [2.05, 4.69) is 0 Å². The Morgan fingerprint density at radius 2 is 1.22 bits per heavy atom. The number of hydrogen-bond donors (Lipinski definition) is 0. The Labute approximate surface area is 101 Å². The Kier molecular flexibility index (Phi) is 74.9. The maximum Gasteiger partial charge on any atom is 2.00 e. The topological polar surface area (TPSA) is 46.1 Å². The van der Waals surface area contributed by atoms with Crippen LogP contribution in [0.5, 0.6) is 0 Å². The van der Waals surface area contributed by atoms with E-state index < -0.39 is 8.38 Å². The summed E-state index contributed by atoms with van der Waals surface area (Å²) in [6.07, 6.45) is 0.259. The third kappa shape index (κ3) is 37.6. The van der Waals surface area contributed by atoms with Crippen molar-refractivity contribution in [3.05, 3.63) is 0 Å². The van der Waals surface area contributed by atoms with E-state index in [0.717, 1.165) is 0 Å². The predicted octanol–water partition coefficient (Wildman–Crippen LogP) is -7.71. The molecular formula is C2H5Cl2Mg2O2P. The first-order chi connectivity index (χ1) is 2.27. The number of hydrogen-bond acceptors (Lipinski definition) is 2. The average molecular weight is 212 g/mol. The molecule has 0 heterocycles. The number of rotatable bonds is 1. The minimum absolute atomic E-state index is 0. The van der Waals surface area contributed by atoms with E-state index in [9.17, 15) is 9.79 Å². The van der Waals surface area contributed by atoms with Crippen molar-refractivity contribution >= 4 is 54.5 Å². The molecule has 0 radical (unpaired) electrons. The molecule has 9 heavy (non-hydrogen) atoms. The second kappa shape index (κ2) is 22.4. The van der Waals surface area contributed by atoms with Gasteiger partial charge < -0.3 is 43.0 Å². The van der Waals surface area contributed by atoms with Gasteiger partial charge in [-0.1, -0.05) is 13.1 Å². The van der Waals surface area contributed by atoms with Gasteiger partial charge in [-0.2, -0.15) is 0 Å². The van der Waals surface area contributed by atoms with E-state index in [-0.39, 0.29) is 77.1 Å².